The van der Waals surface area contributed by atoms with Crippen molar-refractivity contribution in [3.05, 3.63) is 53.7 Å². The molecule has 6 nitrogen and oxygen atoms in total. The molecule has 1 aromatic carbocycles. The van der Waals surface area contributed by atoms with Crippen LogP contribution in [0.25, 0.3) is 0 Å². The summed E-state index contributed by atoms with van der Waals surface area (Å²) < 4.78 is 93.3. The minimum Gasteiger partial charge on any atom is -0.472 e. The van der Waals surface area contributed by atoms with E-state index in [1.807, 2.05) is 0 Å². The monoisotopic (exact) mass is 450 g/mol. The van der Waals surface area contributed by atoms with E-state index in [4.69, 9.17) is 4.74 Å². The average molecular weight is 450 g/mol. The van der Waals surface area contributed by atoms with Gasteiger partial charge in [0.15, 0.2) is 0 Å². The Hall–Kier alpha value is -2.76. The van der Waals surface area contributed by atoms with E-state index in [2.05, 4.69) is 4.98 Å². The summed E-state index contributed by atoms with van der Waals surface area (Å²) >= 11 is 0. The number of pyridine rings is 1. The molecule has 1 aliphatic rings. The summed E-state index contributed by atoms with van der Waals surface area (Å²) in [4.78, 5) is 16.8. The zero-order valence-corrected chi connectivity index (χ0v) is 16.0. The van der Waals surface area contributed by atoms with Crippen molar-refractivity contribution in [2.75, 3.05) is 13.1 Å². The first-order valence-corrected chi connectivity index (χ1v) is 10.1. The molecule has 0 spiro atoms. The predicted octanol–water partition coefficient (Wildman–Crippen LogP) is 3.39. The molecule has 12 heteroatoms. The molecular weight excluding hydrogens is 435 g/mol. The van der Waals surface area contributed by atoms with Gasteiger partial charge in [0.2, 0.25) is 15.7 Å². The van der Waals surface area contributed by atoms with Crippen LogP contribution in [-0.2, 0) is 16.0 Å². The van der Waals surface area contributed by atoms with E-state index < -0.39 is 49.8 Å². The summed E-state index contributed by atoms with van der Waals surface area (Å²) in [5.74, 6) is -4.75. The molecule has 1 aliphatic heterocycles. The van der Waals surface area contributed by atoms with Crippen LogP contribution in [0.3, 0.4) is 0 Å². The maximum atomic E-state index is 12.9. The maximum Gasteiger partial charge on any atom is 0.416 e. The molecule has 0 N–H and O–H groups in total. The zero-order chi connectivity index (χ0) is 22.1. The molecule has 1 aromatic heterocycles. The number of hydrogen-bond donors (Lipinski definition) is 0. The number of alkyl halides is 5. The van der Waals surface area contributed by atoms with Crippen LogP contribution in [0.4, 0.5) is 22.0 Å². The third kappa shape index (κ3) is 4.53. The minimum atomic E-state index is -4.99. The molecule has 1 unspecified atom stereocenters. The summed E-state index contributed by atoms with van der Waals surface area (Å²) in [5, 5.41) is 0. The SMILES string of the molecule is O=C(c1ccccc1S(=O)(=O)C(F)F)N1CCC(Oc2cc(C(F)(F)F)ccn2)C1. The van der Waals surface area contributed by atoms with E-state index in [0.29, 0.717) is 0 Å². The fourth-order valence-electron chi connectivity index (χ4n) is 2.99. The van der Waals surface area contributed by atoms with Crippen molar-refractivity contribution in [3.63, 3.8) is 0 Å². The number of hydrogen-bond acceptors (Lipinski definition) is 5. The number of ether oxygens (including phenoxy) is 1. The second-order valence-corrected chi connectivity index (χ2v) is 8.35. The Morgan fingerprint density at radius 2 is 1.90 bits per heavy atom. The molecule has 1 amide bonds. The molecular formula is C18H15F5N2O4S. The molecule has 0 aliphatic carbocycles. The van der Waals surface area contributed by atoms with Gasteiger partial charge in [-0.05, 0) is 18.2 Å². The first-order valence-electron chi connectivity index (χ1n) is 8.60. The van der Waals surface area contributed by atoms with Crippen molar-refractivity contribution in [1.29, 1.82) is 0 Å². The molecule has 162 valence electrons. The summed E-state index contributed by atoms with van der Waals surface area (Å²) in [5.41, 5.74) is -1.35. The Kier molecular flexibility index (Phi) is 5.97. The normalized spacial score (nSPS) is 17.4. The van der Waals surface area contributed by atoms with Crippen molar-refractivity contribution in [1.82, 2.24) is 9.88 Å². The van der Waals surface area contributed by atoms with Crippen LogP contribution >= 0.6 is 0 Å². The second kappa shape index (κ2) is 8.17. The molecule has 2 heterocycles. The number of aromatic nitrogens is 1. The number of carbonyl (C=O) groups is 1. The van der Waals surface area contributed by atoms with Gasteiger partial charge in [-0.2, -0.15) is 22.0 Å². The van der Waals surface area contributed by atoms with Gasteiger partial charge in [-0.25, -0.2) is 13.4 Å². The number of rotatable bonds is 5. The van der Waals surface area contributed by atoms with Gasteiger partial charge in [0.1, 0.15) is 6.10 Å². The molecule has 0 bridgehead atoms. The maximum absolute atomic E-state index is 12.9. The fourth-order valence-corrected chi connectivity index (χ4v) is 3.91. The molecule has 2 aromatic rings. The second-order valence-electron chi connectivity index (χ2n) is 6.46. The van der Waals surface area contributed by atoms with Gasteiger partial charge in [0.05, 0.1) is 22.6 Å². The Labute approximate surface area is 168 Å². The van der Waals surface area contributed by atoms with Crippen LogP contribution in [0.15, 0.2) is 47.5 Å². The van der Waals surface area contributed by atoms with E-state index in [-0.39, 0.29) is 25.4 Å². The quantitative estimate of drug-likeness (QED) is 0.653. The van der Waals surface area contributed by atoms with Gasteiger partial charge in [-0.3, -0.25) is 4.79 Å². The standard InChI is InChI=1S/C18H15F5N2O4S/c19-17(20)30(27,28)14-4-2-1-3-13(14)16(26)25-8-6-12(10-25)29-15-9-11(5-7-24-15)18(21,22)23/h1-5,7,9,12,17H,6,8,10H2. The number of sulfone groups is 1. The van der Waals surface area contributed by atoms with Gasteiger partial charge >= 0.3 is 11.9 Å². The molecule has 1 fully saturated rings. The van der Waals surface area contributed by atoms with Crippen LogP contribution in [0.2, 0.25) is 0 Å². The van der Waals surface area contributed by atoms with Crippen molar-refractivity contribution >= 4 is 15.7 Å². The molecule has 0 saturated carbocycles. The van der Waals surface area contributed by atoms with E-state index in [1.165, 1.54) is 17.0 Å². The topological polar surface area (TPSA) is 76.6 Å². The first kappa shape index (κ1) is 21.9. The Balaban J connectivity index is 1.75. The molecule has 1 saturated heterocycles. The lowest BCUT2D eigenvalue weighted by Crippen LogP contribution is -2.32. The molecule has 0 radical (unpaired) electrons. The summed E-state index contributed by atoms with van der Waals surface area (Å²) in [6.07, 6.45) is -4.07. The predicted molar refractivity (Wildman–Crippen MR) is 93.8 cm³/mol. The van der Waals surface area contributed by atoms with Crippen LogP contribution in [0.5, 0.6) is 5.88 Å². The van der Waals surface area contributed by atoms with Gasteiger partial charge in [0, 0.05) is 25.2 Å². The Morgan fingerprint density at radius 3 is 2.57 bits per heavy atom. The third-order valence-corrected chi connectivity index (χ3v) is 5.88. The molecule has 30 heavy (non-hydrogen) atoms. The lowest BCUT2D eigenvalue weighted by molar-refractivity contribution is -0.137. The Bertz CT molecular complexity index is 1040. The minimum absolute atomic E-state index is 0.0696. The fraction of sp³-hybridized carbons (Fsp3) is 0.333. The number of benzene rings is 1. The largest absolute Gasteiger partial charge is 0.472 e. The van der Waals surface area contributed by atoms with Crippen LogP contribution in [0.1, 0.15) is 22.3 Å². The summed E-state index contributed by atoms with van der Waals surface area (Å²) in [6.45, 7) is 0.0331. The van der Waals surface area contributed by atoms with Crippen LogP contribution in [0, 0.1) is 0 Å². The zero-order valence-electron chi connectivity index (χ0n) is 15.1. The highest BCUT2D eigenvalue weighted by Gasteiger charge is 2.35. The number of amides is 1. The number of likely N-dealkylation sites (tertiary alicyclic amines) is 1. The van der Waals surface area contributed by atoms with E-state index >= 15 is 0 Å². The van der Waals surface area contributed by atoms with Crippen molar-refractivity contribution in [2.45, 2.75) is 29.4 Å². The highest BCUT2D eigenvalue weighted by molar-refractivity contribution is 7.91. The van der Waals surface area contributed by atoms with E-state index in [9.17, 15) is 35.2 Å². The summed E-state index contributed by atoms with van der Waals surface area (Å²) in [7, 11) is -4.99. The number of nitrogens with zero attached hydrogens (tertiary/aromatic N) is 2. The van der Waals surface area contributed by atoms with Gasteiger partial charge in [-0.15, -0.1) is 0 Å². The number of halogens is 5. The average Bonchev–Trinajstić information content (AvgIpc) is 3.15. The van der Waals surface area contributed by atoms with Gasteiger partial charge in [0.25, 0.3) is 5.91 Å². The van der Waals surface area contributed by atoms with Gasteiger partial charge < -0.3 is 9.64 Å². The first-order chi connectivity index (χ1) is 14.0. The molecule has 3 rings (SSSR count). The van der Waals surface area contributed by atoms with Crippen molar-refractivity contribution in [3.8, 4) is 5.88 Å². The highest BCUT2D eigenvalue weighted by Crippen LogP contribution is 2.31. The summed E-state index contributed by atoms with van der Waals surface area (Å²) in [6, 6.07) is 6.13. The Morgan fingerprint density at radius 1 is 1.20 bits per heavy atom. The lowest BCUT2D eigenvalue weighted by Gasteiger charge is -2.19. The number of carbonyl (C=O) groups excluding carboxylic acids is 1. The van der Waals surface area contributed by atoms with Crippen LogP contribution in [-0.4, -0.2) is 49.2 Å². The third-order valence-electron chi connectivity index (χ3n) is 4.44. The molecule has 1 atom stereocenters. The van der Waals surface area contributed by atoms with E-state index in [0.717, 1.165) is 30.5 Å². The van der Waals surface area contributed by atoms with Crippen LogP contribution < -0.4 is 4.74 Å². The van der Waals surface area contributed by atoms with Gasteiger partial charge in [-0.1, -0.05) is 12.1 Å². The van der Waals surface area contributed by atoms with E-state index in [1.54, 1.807) is 0 Å². The van der Waals surface area contributed by atoms with Crippen molar-refractivity contribution in [2.24, 2.45) is 0 Å². The van der Waals surface area contributed by atoms with Crippen molar-refractivity contribution < 1.29 is 39.9 Å². The highest BCUT2D eigenvalue weighted by atomic mass is 32.2. The smallest absolute Gasteiger partial charge is 0.416 e. The lowest BCUT2D eigenvalue weighted by atomic mass is 10.2.